The molecule has 2 N–H and O–H groups in total. The molecule has 0 bridgehead atoms. The Morgan fingerprint density at radius 2 is 1.65 bits per heavy atom. The second-order valence-corrected chi connectivity index (χ2v) is 6.46. The van der Waals surface area contributed by atoms with Gasteiger partial charge in [-0.2, -0.15) is 0 Å². The first-order valence-corrected chi connectivity index (χ1v) is 9.06. The van der Waals surface area contributed by atoms with Crippen LogP contribution < -0.4 is 10.6 Å². The number of rotatable bonds is 12. The monoisotopic (exact) mass is 327 g/mol. The number of nitrogens with zero attached hydrogens (tertiary/aromatic N) is 1. The van der Waals surface area contributed by atoms with E-state index < -0.39 is 0 Å². The maximum Gasteiger partial charge on any atom is 0.190 e. The van der Waals surface area contributed by atoms with E-state index in [0.717, 1.165) is 83.9 Å². The SMILES string of the molecule is CN=C(NCCCOCC1CC1)NCCCOCC1CCOC1. The Hall–Kier alpha value is -0.850. The van der Waals surface area contributed by atoms with E-state index in [2.05, 4.69) is 15.6 Å². The van der Waals surface area contributed by atoms with E-state index in [1.807, 2.05) is 0 Å². The summed E-state index contributed by atoms with van der Waals surface area (Å²) in [5.74, 6) is 2.30. The zero-order chi connectivity index (χ0) is 16.2. The average molecular weight is 327 g/mol. The van der Waals surface area contributed by atoms with Crippen LogP contribution in [-0.2, 0) is 14.2 Å². The van der Waals surface area contributed by atoms with Crippen LogP contribution in [0.15, 0.2) is 4.99 Å². The highest BCUT2D eigenvalue weighted by molar-refractivity contribution is 5.79. The first kappa shape index (κ1) is 18.5. The van der Waals surface area contributed by atoms with Gasteiger partial charge in [0.2, 0.25) is 0 Å². The lowest BCUT2D eigenvalue weighted by Crippen LogP contribution is -2.38. The van der Waals surface area contributed by atoms with E-state index in [9.17, 15) is 0 Å². The van der Waals surface area contributed by atoms with Crippen LogP contribution in [0.25, 0.3) is 0 Å². The van der Waals surface area contributed by atoms with E-state index in [0.29, 0.717) is 5.92 Å². The minimum Gasteiger partial charge on any atom is -0.381 e. The largest absolute Gasteiger partial charge is 0.381 e. The van der Waals surface area contributed by atoms with E-state index >= 15 is 0 Å². The highest BCUT2D eigenvalue weighted by Gasteiger charge is 2.20. The molecule has 0 aromatic carbocycles. The van der Waals surface area contributed by atoms with Gasteiger partial charge in [-0.3, -0.25) is 4.99 Å². The van der Waals surface area contributed by atoms with Crippen LogP contribution in [0, 0.1) is 11.8 Å². The summed E-state index contributed by atoms with van der Waals surface area (Å²) in [5.41, 5.74) is 0. The fraction of sp³-hybridized carbons (Fsp3) is 0.941. The molecule has 2 aliphatic rings. The molecule has 0 amide bonds. The fourth-order valence-corrected chi connectivity index (χ4v) is 2.48. The number of aliphatic imine (C=N–C) groups is 1. The minimum absolute atomic E-state index is 0.597. The standard InChI is InChI=1S/C17H33N3O3/c1-18-17(19-7-2-9-21-12-15-4-5-15)20-8-3-10-22-13-16-6-11-23-14-16/h15-16H,2-14H2,1H3,(H2,18,19,20). The van der Waals surface area contributed by atoms with Crippen molar-refractivity contribution in [2.24, 2.45) is 16.8 Å². The molecule has 1 saturated heterocycles. The average Bonchev–Trinajstić information content (AvgIpc) is 3.25. The van der Waals surface area contributed by atoms with Crippen LogP contribution >= 0.6 is 0 Å². The minimum atomic E-state index is 0.597. The lowest BCUT2D eigenvalue weighted by molar-refractivity contribution is 0.0888. The van der Waals surface area contributed by atoms with Crippen molar-refractivity contribution in [2.45, 2.75) is 32.1 Å². The van der Waals surface area contributed by atoms with Crippen molar-refractivity contribution in [3.63, 3.8) is 0 Å². The van der Waals surface area contributed by atoms with Gasteiger partial charge in [0.25, 0.3) is 0 Å². The quantitative estimate of drug-likeness (QED) is 0.322. The Bertz CT molecular complexity index is 329. The van der Waals surface area contributed by atoms with Crippen LogP contribution in [0.3, 0.4) is 0 Å². The molecular formula is C17H33N3O3. The molecule has 2 rings (SSSR count). The van der Waals surface area contributed by atoms with Gasteiger partial charge < -0.3 is 24.8 Å². The lowest BCUT2D eigenvalue weighted by Gasteiger charge is -2.12. The fourth-order valence-electron chi connectivity index (χ4n) is 2.48. The summed E-state index contributed by atoms with van der Waals surface area (Å²) in [6, 6.07) is 0. The smallest absolute Gasteiger partial charge is 0.190 e. The summed E-state index contributed by atoms with van der Waals surface area (Å²) < 4.78 is 16.6. The molecule has 1 heterocycles. The number of nitrogens with one attached hydrogen (secondary N) is 2. The second-order valence-electron chi connectivity index (χ2n) is 6.46. The van der Waals surface area contributed by atoms with Gasteiger partial charge in [-0.15, -0.1) is 0 Å². The molecule has 1 aliphatic heterocycles. The summed E-state index contributed by atoms with van der Waals surface area (Å²) in [7, 11) is 1.80. The van der Waals surface area contributed by atoms with E-state index in [1.54, 1.807) is 7.05 Å². The molecule has 23 heavy (non-hydrogen) atoms. The van der Waals surface area contributed by atoms with E-state index in [-0.39, 0.29) is 0 Å². The zero-order valence-corrected chi connectivity index (χ0v) is 14.5. The van der Waals surface area contributed by atoms with Gasteiger partial charge in [0.15, 0.2) is 5.96 Å². The molecule has 0 aromatic heterocycles. The van der Waals surface area contributed by atoms with Gasteiger partial charge in [0.05, 0.1) is 13.2 Å². The third-order valence-electron chi connectivity index (χ3n) is 4.17. The Morgan fingerprint density at radius 3 is 2.17 bits per heavy atom. The predicted octanol–water partition coefficient (Wildman–Crippen LogP) is 1.41. The first-order chi connectivity index (χ1) is 11.4. The van der Waals surface area contributed by atoms with Crippen molar-refractivity contribution in [1.29, 1.82) is 0 Å². The molecule has 2 fully saturated rings. The van der Waals surface area contributed by atoms with Crippen LogP contribution in [-0.4, -0.2) is 65.7 Å². The topological polar surface area (TPSA) is 64.1 Å². The summed E-state index contributed by atoms with van der Waals surface area (Å²) in [5, 5.41) is 6.62. The van der Waals surface area contributed by atoms with Crippen molar-refractivity contribution in [2.75, 3.05) is 59.8 Å². The molecule has 0 aromatic rings. The van der Waals surface area contributed by atoms with Gasteiger partial charge >= 0.3 is 0 Å². The third kappa shape index (κ3) is 9.13. The molecule has 1 saturated carbocycles. The Labute approximate surface area is 140 Å². The Morgan fingerprint density at radius 1 is 1.00 bits per heavy atom. The molecule has 6 nitrogen and oxygen atoms in total. The predicted molar refractivity (Wildman–Crippen MR) is 91.9 cm³/mol. The van der Waals surface area contributed by atoms with Crippen LogP contribution in [0.2, 0.25) is 0 Å². The first-order valence-electron chi connectivity index (χ1n) is 9.06. The molecule has 1 unspecified atom stereocenters. The van der Waals surface area contributed by atoms with Crippen molar-refractivity contribution in [3.05, 3.63) is 0 Å². The highest BCUT2D eigenvalue weighted by Crippen LogP contribution is 2.28. The highest BCUT2D eigenvalue weighted by atomic mass is 16.5. The number of hydrogen-bond acceptors (Lipinski definition) is 4. The van der Waals surface area contributed by atoms with Crippen molar-refractivity contribution < 1.29 is 14.2 Å². The van der Waals surface area contributed by atoms with Gasteiger partial charge in [0.1, 0.15) is 0 Å². The molecule has 134 valence electrons. The molecule has 6 heteroatoms. The normalized spacial score (nSPS) is 21.6. The molecule has 0 radical (unpaired) electrons. The molecule has 1 atom stereocenters. The van der Waals surface area contributed by atoms with Crippen molar-refractivity contribution in [3.8, 4) is 0 Å². The van der Waals surface area contributed by atoms with Gasteiger partial charge in [0, 0.05) is 52.5 Å². The number of ether oxygens (including phenoxy) is 3. The third-order valence-corrected chi connectivity index (χ3v) is 4.17. The van der Waals surface area contributed by atoms with E-state index in [1.165, 1.54) is 12.8 Å². The van der Waals surface area contributed by atoms with Crippen LogP contribution in [0.5, 0.6) is 0 Å². The summed E-state index contributed by atoms with van der Waals surface area (Å²) in [6.07, 6.45) is 5.85. The van der Waals surface area contributed by atoms with Crippen LogP contribution in [0.4, 0.5) is 0 Å². The maximum atomic E-state index is 5.69. The lowest BCUT2D eigenvalue weighted by atomic mass is 10.1. The Balaban J connectivity index is 1.35. The van der Waals surface area contributed by atoms with Gasteiger partial charge in [-0.1, -0.05) is 0 Å². The van der Waals surface area contributed by atoms with Crippen LogP contribution in [0.1, 0.15) is 32.1 Å². The maximum absolute atomic E-state index is 5.69. The summed E-state index contributed by atoms with van der Waals surface area (Å²) in [6.45, 7) is 6.91. The Kier molecular flexibility index (Phi) is 9.36. The van der Waals surface area contributed by atoms with Gasteiger partial charge in [-0.25, -0.2) is 0 Å². The summed E-state index contributed by atoms with van der Waals surface area (Å²) in [4.78, 5) is 4.22. The van der Waals surface area contributed by atoms with Gasteiger partial charge in [-0.05, 0) is 38.0 Å². The number of guanidine groups is 1. The van der Waals surface area contributed by atoms with Crippen molar-refractivity contribution in [1.82, 2.24) is 10.6 Å². The molecule has 1 aliphatic carbocycles. The second kappa shape index (κ2) is 11.6. The summed E-state index contributed by atoms with van der Waals surface area (Å²) >= 11 is 0. The van der Waals surface area contributed by atoms with Crippen molar-refractivity contribution >= 4 is 5.96 Å². The molecular weight excluding hydrogens is 294 g/mol. The zero-order valence-electron chi connectivity index (χ0n) is 14.5. The number of hydrogen-bond donors (Lipinski definition) is 2. The molecule has 0 spiro atoms. The van der Waals surface area contributed by atoms with E-state index in [4.69, 9.17) is 14.2 Å².